The highest BCUT2D eigenvalue weighted by molar-refractivity contribution is 6.33. The second-order valence-electron chi connectivity index (χ2n) is 7.54. The van der Waals surface area contributed by atoms with Crippen molar-refractivity contribution in [2.75, 3.05) is 32.0 Å². The fraction of sp³-hybridized carbons (Fsp3) is 0.650. The Kier molecular flexibility index (Phi) is 6.71. The monoisotopic (exact) mass is 396 g/mol. The van der Waals surface area contributed by atoms with Crippen LogP contribution in [0.25, 0.3) is 0 Å². The highest BCUT2D eigenvalue weighted by atomic mass is 35.5. The van der Waals surface area contributed by atoms with E-state index in [0.717, 1.165) is 37.9 Å². The Morgan fingerprint density at radius 3 is 2.74 bits per heavy atom. The molecule has 1 aromatic carbocycles. The molecule has 0 radical (unpaired) electrons. The van der Waals surface area contributed by atoms with Crippen LogP contribution >= 0.6 is 11.6 Å². The number of unbranched alkanes of at least 4 members (excludes halogenated alkanes) is 2. The zero-order valence-electron chi connectivity index (χ0n) is 15.9. The molecule has 1 atom stereocenters. The van der Waals surface area contributed by atoms with Crippen LogP contribution in [0.1, 0.15) is 44.6 Å². The molecule has 0 saturated carbocycles. The van der Waals surface area contributed by atoms with Crippen LogP contribution in [-0.2, 0) is 11.2 Å². The fourth-order valence-electron chi connectivity index (χ4n) is 3.87. The summed E-state index contributed by atoms with van der Waals surface area (Å²) in [6.45, 7) is 5.65. The van der Waals surface area contributed by atoms with Gasteiger partial charge in [0.05, 0.1) is 10.7 Å². The SMILES string of the molecule is CCCCCN1CCC(Cc2cc(Cl)c(N)c3c2OCC(C(=O)O)O3)CC1. The van der Waals surface area contributed by atoms with E-state index < -0.39 is 12.1 Å². The fourth-order valence-corrected chi connectivity index (χ4v) is 4.08. The van der Waals surface area contributed by atoms with Gasteiger partial charge in [-0.2, -0.15) is 0 Å². The third-order valence-corrected chi connectivity index (χ3v) is 5.82. The van der Waals surface area contributed by atoms with E-state index in [0.29, 0.717) is 16.7 Å². The van der Waals surface area contributed by atoms with Crippen molar-refractivity contribution in [2.24, 2.45) is 5.92 Å². The van der Waals surface area contributed by atoms with Gasteiger partial charge < -0.3 is 25.2 Å². The van der Waals surface area contributed by atoms with Crippen LogP contribution in [0.3, 0.4) is 0 Å². The quantitative estimate of drug-likeness (QED) is 0.541. The molecule has 0 aromatic heterocycles. The first kappa shape index (κ1) is 20.1. The minimum atomic E-state index is -1.07. The van der Waals surface area contributed by atoms with Crippen LogP contribution < -0.4 is 15.2 Å². The molecule has 0 bridgehead atoms. The lowest BCUT2D eigenvalue weighted by atomic mass is 9.89. The van der Waals surface area contributed by atoms with Crippen molar-refractivity contribution in [2.45, 2.75) is 51.6 Å². The van der Waals surface area contributed by atoms with Gasteiger partial charge in [-0.3, -0.25) is 0 Å². The number of carboxylic acid groups (broad SMARTS) is 1. The smallest absolute Gasteiger partial charge is 0.348 e. The second-order valence-corrected chi connectivity index (χ2v) is 7.95. The minimum Gasteiger partial charge on any atom is -0.485 e. The van der Waals surface area contributed by atoms with Crippen molar-refractivity contribution in [3.05, 3.63) is 16.7 Å². The number of carbonyl (C=O) groups is 1. The number of aliphatic carboxylic acids is 1. The first-order valence-electron chi connectivity index (χ1n) is 9.85. The molecule has 3 N–H and O–H groups in total. The molecule has 2 heterocycles. The highest BCUT2D eigenvalue weighted by Crippen LogP contribution is 2.45. The van der Waals surface area contributed by atoms with E-state index in [9.17, 15) is 9.90 Å². The van der Waals surface area contributed by atoms with Crippen molar-refractivity contribution < 1.29 is 19.4 Å². The Labute approximate surface area is 165 Å². The number of benzene rings is 1. The van der Waals surface area contributed by atoms with E-state index >= 15 is 0 Å². The van der Waals surface area contributed by atoms with Gasteiger partial charge in [-0.25, -0.2) is 4.79 Å². The van der Waals surface area contributed by atoms with Gasteiger partial charge in [0.25, 0.3) is 0 Å². The number of nitrogen functional groups attached to an aromatic ring is 1. The predicted octanol–water partition coefficient (Wildman–Crippen LogP) is 3.59. The Balaban J connectivity index is 1.66. The molecule has 7 heteroatoms. The van der Waals surface area contributed by atoms with E-state index in [-0.39, 0.29) is 18.0 Å². The van der Waals surface area contributed by atoms with Crippen LogP contribution in [0.15, 0.2) is 6.07 Å². The zero-order valence-corrected chi connectivity index (χ0v) is 16.6. The van der Waals surface area contributed by atoms with Gasteiger partial charge in [0, 0.05) is 0 Å². The van der Waals surface area contributed by atoms with E-state index in [2.05, 4.69) is 11.8 Å². The van der Waals surface area contributed by atoms with Gasteiger partial charge in [-0.05, 0) is 62.9 Å². The molecule has 27 heavy (non-hydrogen) atoms. The molecule has 1 saturated heterocycles. The van der Waals surface area contributed by atoms with Gasteiger partial charge in [0.1, 0.15) is 6.61 Å². The topological polar surface area (TPSA) is 85.0 Å². The Bertz CT molecular complexity index is 674. The molecule has 6 nitrogen and oxygen atoms in total. The number of nitrogens with zero attached hydrogens (tertiary/aromatic N) is 1. The molecule has 1 aromatic rings. The van der Waals surface area contributed by atoms with E-state index in [4.69, 9.17) is 26.8 Å². The van der Waals surface area contributed by atoms with Crippen molar-refractivity contribution in [1.82, 2.24) is 4.90 Å². The molecule has 0 amide bonds. The molecule has 150 valence electrons. The van der Waals surface area contributed by atoms with Crippen molar-refractivity contribution >= 4 is 23.3 Å². The maximum Gasteiger partial charge on any atom is 0.348 e. The third-order valence-electron chi connectivity index (χ3n) is 5.51. The van der Waals surface area contributed by atoms with Gasteiger partial charge in [0.2, 0.25) is 6.10 Å². The van der Waals surface area contributed by atoms with Crippen LogP contribution in [0.2, 0.25) is 5.02 Å². The molecular formula is C20H29ClN2O4. The normalized spacial score (nSPS) is 20.6. The number of likely N-dealkylation sites (tertiary alicyclic amines) is 1. The molecule has 3 rings (SSSR count). The standard InChI is InChI=1S/C20H29ClN2O4/c1-2-3-4-7-23-8-5-13(6-9-23)10-14-11-15(21)17(22)19-18(14)26-12-16(27-19)20(24)25/h11,13,16H,2-10,12,22H2,1H3,(H,24,25). The summed E-state index contributed by atoms with van der Waals surface area (Å²) in [5.41, 5.74) is 7.21. The molecule has 2 aliphatic heterocycles. The summed E-state index contributed by atoms with van der Waals surface area (Å²) in [6, 6.07) is 1.84. The van der Waals surface area contributed by atoms with E-state index in [1.54, 1.807) is 0 Å². The number of halogens is 1. The average molecular weight is 397 g/mol. The molecule has 1 unspecified atom stereocenters. The number of piperidine rings is 1. The highest BCUT2D eigenvalue weighted by Gasteiger charge is 2.32. The van der Waals surface area contributed by atoms with Gasteiger partial charge >= 0.3 is 5.97 Å². The van der Waals surface area contributed by atoms with Crippen molar-refractivity contribution in [3.63, 3.8) is 0 Å². The minimum absolute atomic E-state index is 0.0215. The molecule has 0 aliphatic carbocycles. The number of rotatable bonds is 7. The average Bonchev–Trinajstić information content (AvgIpc) is 2.67. The first-order chi connectivity index (χ1) is 13.0. The number of anilines is 1. The van der Waals surface area contributed by atoms with Crippen LogP contribution in [-0.4, -0.2) is 48.3 Å². The maximum absolute atomic E-state index is 11.2. The summed E-state index contributed by atoms with van der Waals surface area (Å²) in [5, 5.41) is 9.56. The Morgan fingerprint density at radius 2 is 2.07 bits per heavy atom. The van der Waals surface area contributed by atoms with Crippen LogP contribution in [0, 0.1) is 5.92 Å². The largest absolute Gasteiger partial charge is 0.485 e. The van der Waals surface area contributed by atoms with Gasteiger partial charge in [-0.15, -0.1) is 0 Å². The number of ether oxygens (including phenoxy) is 2. The summed E-state index contributed by atoms with van der Waals surface area (Å²) in [4.78, 5) is 13.8. The summed E-state index contributed by atoms with van der Waals surface area (Å²) < 4.78 is 11.3. The lowest BCUT2D eigenvalue weighted by Gasteiger charge is -2.33. The Hall–Kier alpha value is -1.66. The number of fused-ring (bicyclic) bond motifs is 1. The predicted molar refractivity (Wildman–Crippen MR) is 106 cm³/mol. The van der Waals surface area contributed by atoms with Crippen molar-refractivity contribution in [3.8, 4) is 11.5 Å². The Morgan fingerprint density at radius 1 is 1.33 bits per heavy atom. The number of hydrogen-bond donors (Lipinski definition) is 2. The van der Waals surface area contributed by atoms with E-state index in [1.807, 2.05) is 6.07 Å². The number of hydrogen-bond acceptors (Lipinski definition) is 5. The third kappa shape index (κ3) is 4.79. The molecule has 1 fully saturated rings. The summed E-state index contributed by atoms with van der Waals surface area (Å²) in [7, 11) is 0. The first-order valence-corrected chi connectivity index (χ1v) is 10.2. The molecular weight excluding hydrogens is 368 g/mol. The molecule has 0 spiro atoms. The zero-order chi connectivity index (χ0) is 19.4. The summed E-state index contributed by atoms with van der Waals surface area (Å²) in [5.74, 6) is 0.307. The lowest BCUT2D eigenvalue weighted by Crippen LogP contribution is -2.37. The van der Waals surface area contributed by atoms with Crippen LogP contribution in [0.4, 0.5) is 5.69 Å². The lowest BCUT2D eigenvalue weighted by molar-refractivity contribution is -0.147. The van der Waals surface area contributed by atoms with Crippen LogP contribution in [0.5, 0.6) is 11.5 Å². The maximum atomic E-state index is 11.2. The van der Waals surface area contributed by atoms with Crippen molar-refractivity contribution in [1.29, 1.82) is 0 Å². The van der Waals surface area contributed by atoms with Gasteiger partial charge in [0.15, 0.2) is 11.5 Å². The van der Waals surface area contributed by atoms with Gasteiger partial charge in [-0.1, -0.05) is 31.4 Å². The summed E-state index contributed by atoms with van der Waals surface area (Å²) >= 11 is 6.27. The summed E-state index contributed by atoms with van der Waals surface area (Å²) in [6.07, 6.45) is 5.89. The number of carboxylic acids is 1. The molecule has 2 aliphatic rings. The van der Waals surface area contributed by atoms with E-state index in [1.165, 1.54) is 25.8 Å². The number of nitrogens with two attached hydrogens (primary N) is 1. The second kappa shape index (κ2) is 9.02.